The number of rotatable bonds is 4. The van der Waals surface area contributed by atoms with Crippen molar-refractivity contribution in [2.24, 2.45) is 10.7 Å². The van der Waals surface area contributed by atoms with Crippen LogP contribution in [-0.4, -0.2) is 32.2 Å². The normalized spacial score (nSPS) is 18.3. The zero-order valence-electron chi connectivity index (χ0n) is 12.9. The average molecular weight is 310 g/mol. The van der Waals surface area contributed by atoms with Crippen LogP contribution in [0.3, 0.4) is 0 Å². The highest BCUT2D eigenvalue weighted by molar-refractivity contribution is 5.90. The molecule has 2 N–H and O–H groups in total. The monoisotopic (exact) mass is 310 g/mol. The molecule has 3 heterocycles. The van der Waals surface area contributed by atoms with Crippen molar-refractivity contribution in [3.63, 3.8) is 0 Å². The molecule has 0 bridgehead atoms. The van der Waals surface area contributed by atoms with Crippen LogP contribution in [0.25, 0.3) is 5.70 Å². The van der Waals surface area contributed by atoms with E-state index in [0.29, 0.717) is 36.4 Å². The van der Waals surface area contributed by atoms with Crippen LogP contribution in [0.4, 0.5) is 0 Å². The molecule has 1 saturated carbocycles. The summed E-state index contributed by atoms with van der Waals surface area (Å²) in [5, 5.41) is 0. The summed E-state index contributed by atoms with van der Waals surface area (Å²) in [4.78, 5) is 19.8. The van der Waals surface area contributed by atoms with Gasteiger partial charge in [0.15, 0.2) is 0 Å². The number of allylic oxidation sites excluding steroid dienone is 1. The van der Waals surface area contributed by atoms with E-state index in [0.717, 1.165) is 17.1 Å². The van der Waals surface area contributed by atoms with Crippen LogP contribution < -0.4 is 5.73 Å². The number of oxazole rings is 1. The van der Waals surface area contributed by atoms with E-state index in [1.165, 1.54) is 19.1 Å². The maximum absolute atomic E-state index is 6.02. The Labute approximate surface area is 134 Å². The van der Waals surface area contributed by atoms with Gasteiger partial charge in [0, 0.05) is 24.0 Å². The summed E-state index contributed by atoms with van der Waals surface area (Å²) in [7, 11) is 0. The predicted octanol–water partition coefficient (Wildman–Crippen LogP) is 1.90. The lowest BCUT2D eigenvalue weighted by Gasteiger charge is -2.29. The Bertz CT molecular complexity index is 776. The highest BCUT2D eigenvalue weighted by Crippen LogP contribution is 2.40. The maximum Gasteiger partial charge on any atom is 0.246 e. The van der Waals surface area contributed by atoms with Crippen molar-refractivity contribution in [2.75, 3.05) is 6.54 Å². The lowest BCUT2D eigenvalue weighted by Crippen LogP contribution is -2.36. The minimum atomic E-state index is 0.483. The first kappa shape index (κ1) is 13.9. The molecule has 1 aliphatic carbocycles. The van der Waals surface area contributed by atoms with Crippen molar-refractivity contribution in [1.82, 2.24) is 19.9 Å². The first-order valence-electron chi connectivity index (χ1n) is 7.71. The summed E-state index contributed by atoms with van der Waals surface area (Å²) in [6.45, 7) is 3.23. The van der Waals surface area contributed by atoms with Gasteiger partial charge in [0.05, 0.1) is 30.7 Å². The summed E-state index contributed by atoms with van der Waals surface area (Å²) in [5.74, 6) is 1.59. The fourth-order valence-corrected chi connectivity index (χ4v) is 2.82. The van der Waals surface area contributed by atoms with Crippen LogP contribution in [0.2, 0.25) is 0 Å². The van der Waals surface area contributed by atoms with Crippen LogP contribution in [0, 0.1) is 0 Å². The van der Waals surface area contributed by atoms with Crippen molar-refractivity contribution in [3.05, 3.63) is 47.8 Å². The second-order valence-electron chi connectivity index (χ2n) is 5.89. The molecule has 2 aliphatic rings. The van der Waals surface area contributed by atoms with Crippen LogP contribution in [-0.2, 0) is 6.54 Å². The van der Waals surface area contributed by atoms with Crippen molar-refractivity contribution >= 4 is 11.5 Å². The Morgan fingerprint density at radius 2 is 2.04 bits per heavy atom. The number of aliphatic imine (C=N–C) groups is 1. The van der Waals surface area contributed by atoms with E-state index in [-0.39, 0.29) is 0 Å². The van der Waals surface area contributed by atoms with Gasteiger partial charge >= 0.3 is 0 Å². The lowest BCUT2D eigenvalue weighted by molar-refractivity contribution is 0.370. The summed E-state index contributed by atoms with van der Waals surface area (Å²) >= 11 is 0. The molecule has 2 aromatic rings. The Kier molecular flexibility index (Phi) is 3.33. The second-order valence-corrected chi connectivity index (χ2v) is 5.89. The minimum absolute atomic E-state index is 0.483. The summed E-state index contributed by atoms with van der Waals surface area (Å²) < 4.78 is 5.38. The van der Waals surface area contributed by atoms with Crippen molar-refractivity contribution in [3.8, 4) is 0 Å². The summed E-state index contributed by atoms with van der Waals surface area (Å²) in [6.07, 6.45) is 9.06. The van der Waals surface area contributed by atoms with E-state index in [1.807, 2.05) is 6.92 Å². The molecule has 1 fully saturated rings. The van der Waals surface area contributed by atoms with Gasteiger partial charge in [0.1, 0.15) is 17.8 Å². The zero-order valence-corrected chi connectivity index (χ0v) is 12.9. The molecular formula is C16H18N6O. The van der Waals surface area contributed by atoms with E-state index < -0.39 is 0 Å². The smallest absolute Gasteiger partial charge is 0.246 e. The molecule has 2 aromatic heterocycles. The fraction of sp³-hybridized carbons (Fsp3) is 0.375. The van der Waals surface area contributed by atoms with E-state index in [9.17, 15) is 0 Å². The predicted molar refractivity (Wildman–Crippen MR) is 85.1 cm³/mol. The van der Waals surface area contributed by atoms with Crippen molar-refractivity contribution in [2.45, 2.75) is 32.2 Å². The first-order valence-corrected chi connectivity index (χ1v) is 7.71. The largest absolute Gasteiger partial charge is 0.443 e. The third kappa shape index (κ3) is 2.69. The number of nitrogens with two attached hydrogens (primary N) is 1. The zero-order chi connectivity index (χ0) is 15.8. The molecule has 0 atom stereocenters. The molecule has 0 aromatic carbocycles. The van der Waals surface area contributed by atoms with Gasteiger partial charge in [-0.25, -0.2) is 9.98 Å². The lowest BCUT2D eigenvalue weighted by atomic mass is 10.1. The van der Waals surface area contributed by atoms with E-state index in [2.05, 4.69) is 24.8 Å². The molecule has 23 heavy (non-hydrogen) atoms. The highest BCUT2D eigenvalue weighted by Gasteiger charge is 2.29. The quantitative estimate of drug-likeness (QED) is 0.927. The molecular weight excluding hydrogens is 292 g/mol. The molecule has 0 spiro atoms. The third-order valence-corrected chi connectivity index (χ3v) is 4.17. The van der Waals surface area contributed by atoms with Crippen LogP contribution >= 0.6 is 0 Å². The van der Waals surface area contributed by atoms with E-state index in [1.54, 1.807) is 18.6 Å². The molecule has 0 amide bonds. The van der Waals surface area contributed by atoms with Crippen molar-refractivity contribution in [1.29, 1.82) is 0 Å². The van der Waals surface area contributed by atoms with Gasteiger partial charge in [-0.2, -0.15) is 0 Å². The van der Waals surface area contributed by atoms with Gasteiger partial charge in [0.2, 0.25) is 5.89 Å². The van der Waals surface area contributed by atoms with Crippen LogP contribution in [0.5, 0.6) is 0 Å². The minimum Gasteiger partial charge on any atom is -0.443 e. The number of aromatic nitrogens is 3. The van der Waals surface area contributed by atoms with Gasteiger partial charge < -0.3 is 15.1 Å². The van der Waals surface area contributed by atoms with Crippen molar-refractivity contribution < 1.29 is 4.42 Å². The van der Waals surface area contributed by atoms with Crippen LogP contribution in [0.1, 0.15) is 43.0 Å². The average Bonchev–Trinajstić information content (AvgIpc) is 3.25. The molecule has 4 rings (SSSR count). The van der Waals surface area contributed by atoms with E-state index >= 15 is 0 Å². The SMILES string of the molecule is CC1=C(c2ncco2)N=C(N)CN1Cc1nccnc1C1CC1. The molecule has 118 valence electrons. The molecule has 0 radical (unpaired) electrons. The summed E-state index contributed by atoms with van der Waals surface area (Å²) in [6, 6.07) is 0. The molecule has 0 saturated heterocycles. The third-order valence-electron chi connectivity index (χ3n) is 4.17. The van der Waals surface area contributed by atoms with Gasteiger partial charge in [-0.1, -0.05) is 0 Å². The van der Waals surface area contributed by atoms with Gasteiger partial charge in [0.25, 0.3) is 0 Å². The van der Waals surface area contributed by atoms with E-state index in [4.69, 9.17) is 10.2 Å². The second kappa shape index (κ2) is 5.49. The first-order chi connectivity index (χ1) is 11.2. The van der Waals surface area contributed by atoms with Gasteiger partial charge in [-0.05, 0) is 19.8 Å². The number of nitrogens with zero attached hydrogens (tertiary/aromatic N) is 5. The Balaban J connectivity index is 1.66. The maximum atomic E-state index is 6.02. The Morgan fingerprint density at radius 1 is 1.22 bits per heavy atom. The van der Waals surface area contributed by atoms with Gasteiger partial charge in [-0.3, -0.25) is 9.97 Å². The molecule has 0 unspecified atom stereocenters. The topological polar surface area (TPSA) is 93.4 Å². The Morgan fingerprint density at radius 3 is 2.78 bits per heavy atom. The summed E-state index contributed by atoms with van der Waals surface area (Å²) in [5.41, 5.74) is 9.79. The van der Waals surface area contributed by atoms with Gasteiger partial charge in [-0.15, -0.1) is 0 Å². The fourth-order valence-electron chi connectivity index (χ4n) is 2.82. The standard InChI is InChI=1S/C16H18N6O/c1-10-14(16-20-6-7-23-16)21-13(17)9-22(10)8-12-15(11-2-3-11)19-5-4-18-12/h4-7,11H,2-3,8-9H2,1H3,(H2,17,21). The molecule has 7 nitrogen and oxygen atoms in total. The molecule has 7 heteroatoms. The number of amidine groups is 1. The number of hydrogen-bond donors (Lipinski definition) is 1. The van der Waals surface area contributed by atoms with Crippen LogP contribution in [0.15, 0.2) is 40.0 Å². The molecule has 1 aliphatic heterocycles. The number of hydrogen-bond acceptors (Lipinski definition) is 7. The Hall–Kier alpha value is -2.70. The highest BCUT2D eigenvalue weighted by atomic mass is 16.3.